The van der Waals surface area contributed by atoms with Crippen LogP contribution in [0.4, 0.5) is 11.6 Å². The van der Waals surface area contributed by atoms with E-state index in [-0.39, 0.29) is 5.88 Å². The number of aliphatic carboxylic acids is 1. The van der Waals surface area contributed by atoms with Gasteiger partial charge in [-0.05, 0) is 18.6 Å². The van der Waals surface area contributed by atoms with Crippen molar-refractivity contribution in [3.05, 3.63) is 54.7 Å². The third kappa shape index (κ3) is 4.54. The standard InChI is InChI=1S/C17H19N3O3/c1-3-10-20(14-8-6-5-7-9-14)17-18-13(4-2)11-15(19-17)23-12-16(21)22/h3,5-9,11H,1,4,10,12H2,2H3,(H,21,22). The molecule has 0 spiro atoms. The number of carboxylic acids is 1. The zero-order valence-corrected chi connectivity index (χ0v) is 13.0. The quantitative estimate of drug-likeness (QED) is 0.755. The molecule has 1 heterocycles. The van der Waals surface area contributed by atoms with E-state index in [1.54, 1.807) is 12.1 Å². The van der Waals surface area contributed by atoms with Crippen molar-refractivity contribution in [1.82, 2.24) is 9.97 Å². The Labute approximate surface area is 135 Å². The Morgan fingerprint density at radius 2 is 2.09 bits per heavy atom. The smallest absolute Gasteiger partial charge is 0.341 e. The molecule has 120 valence electrons. The minimum Gasteiger partial charge on any atom is -0.479 e. The maximum Gasteiger partial charge on any atom is 0.341 e. The zero-order chi connectivity index (χ0) is 16.7. The Hall–Kier alpha value is -2.89. The molecule has 6 heteroatoms. The fraction of sp³-hybridized carbons (Fsp3) is 0.235. The summed E-state index contributed by atoms with van der Waals surface area (Å²) in [6, 6.07) is 11.3. The van der Waals surface area contributed by atoms with Crippen molar-refractivity contribution in [3.63, 3.8) is 0 Å². The Morgan fingerprint density at radius 1 is 1.35 bits per heavy atom. The number of hydrogen-bond donors (Lipinski definition) is 1. The van der Waals surface area contributed by atoms with Crippen LogP contribution in [0.1, 0.15) is 12.6 Å². The monoisotopic (exact) mass is 313 g/mol. The summed E-state index contributed by atoms with van der Waals surface area (Å²) in [7, 11) is 0. The molecule has 6 nitrogen and oxygen atoms in total. The summed E-state index contributed by atoms with van der Waals surface area (Å²) in [5, 5.41) is 8.75. The molecule has 0 saturated heterocycles. The van der Waals surface area contributed by atoms with Gasteiger partial charge in [0, 0.05) is 24.0 Å². The van der Waals surface area contributed by atoms with Crippen molar-refractivity contribution in [2.24, 2.45) is 0 Å². The third-order valence-electron chi connectivity index (χ3n) is 3.07. The van der Waals surface area contributed by atoms with Crippen LogP contribution in [-0.2, 0) is 11.2 Å². The predicted octanol–water partition coefficient (Wildman–Crippen LogP) is 2.83. The lowest BCUT2D eigenvalue weighted by atomic mass is 10.3. The van der Waals surface area contributed by atoms with Crippen molar-refractivity contribution in [3.8, 4) is 5.88 Å². The lowest BCUT2D eigenvalue weighted by Gasteiger charge is -2.22. The Bertz CT molecular complexity index is 674. The highest BCUT2D eigenvalue weighted by atomic mass is 16.5. The van der Waals surface area contributed by atoms with Crippen LogP contribution in [0.2, 0.25) is 0 Å². The molecular weight excluding hydrogens is 294 g/mol. The molecule has 0 atom stereocenters. The molecule has 2 rings (SSSR count). The van der Waals surface area contributed by atoms with E-state index in [0.717, 1.165) is 11.4 Å². The summed E-state index contributed by atoms with van der Waals surface area (Å²) in [5.74, 6) is -0.343. The number of ether oxygens (including phenoxy) is 1. The lowest BCUT2D eigenvalue weighted by molar-refractivity contribution is -0.139. The fourth-order valence-corrected chi connectivity index (χ4v) is 2.01. The number of para-hydroxylation sites is 1. The van der Waals surface area contributed by atoms with Gasteiger partial charge in [-0.1, -0.05) is 31.2 Å². The Kier molecular flexibility index (Phi) is 5.68. The SMILES string of the molecule is C=CCN(c1ccccc1)c1nc(CC)cc(OCC(=O)O)n1. The first-order valence-electron chi connectivity index (χ1n) is 7.30. The van der Waals surface area contributed by atoms with Gasteiger partial charge in [0.2, 0.25) is 11.8 Å². The van der Waals surface area contributed by atoms with E-state index in [1.807, 2.05) is 42.2 Å². The number of carbonyl (C=O) groups is 1. The van der Waals surface area contributed by atoms with Crippen molar-refractivity contribution >= 4 is 17.6 Å². The summed E-state index contributed by atoms with van der Waals surface area (Å²) in [6.45, 7) is 5.82. The summed E-state index contributed by atoms with van der Waals surface area (Å²) in [5.41, 5.74) is 1.70. The minimum atomic E-state index is -1.05. The molecular formula is C17H19N3O3. The molecule has 0 bridgehead atoms. The van der Waals surface area contributed by atoms with Crippen LogP contribution in [0.3, 0.4) is 0 Å². The second kappa shape index (κ2) is 7.93. The largest absolute Gasteiger partial charge is 0.479 e. The first kappa shape index (κ1) is 16.5. The van der Waals surface area contributed by atoms with E-state index in [9.17, 15) is 4.79 Å². The maximum atomic E-state index is 10.7. The van der Waals surface area contributed by atoms with Gasteiger partial charge in [-0.3, -0.25) is 0 Å². The second-order valence-corrected chi connectivity index (χ2v) is 4.77. The molecule has 0 unspecified atom stereocenters. The van der Waals surface area contributed by atoms with Crippen molar-refractivity contribution in [2.45, 2.75) is 13.3 Å². The fourth-order valence-electron chi connectivity index (χ4n) is 2.01. The van der Waals surface area contributed by atoms with Crippen molar-refractivity contribution in [2.75, 3.05) is 18.1 Å². The normalized spacial score (nSPS) is 10.1. The molecule has 0 saturated carbocycles. The summed E-state index contributed by atoms with van der Waals surface area (Å²) in [4.78, 5) is 21.4. The number of aryl methyl sites for hydroxylation is 1. The Morgan fingerprint density at radius 3 is 2.70 bits per heavy atom. The molecule has 2 aromatic rings. The highest BCUT2D eigenvalue weighted by Gasteiger charge is 2.14. The Balaban J connectivity index is 2.39. The van der Waals surface area contributed by atoms with Gasteiger partial charge in [0.1, 0.15) is 0 Å². The van der Waals surface area contributed by atoms with Gasteiger partial charge in [0.05, 0.1) is 0 Å². The van der Waals surface area contributed by atoms with Gasteiger partial charge in [0.15, 0.2) is 6.61 Å². The zero-order valence-electron chi connectivity index (χ0n) is 13.0. The molecule has 0 aliphatic rings. The van der Waals surface area contributed by atoms with Gasteiger partial charge in [0.25, 0.3) is 0 Å². The van der Waals surface area contributed by atoms with Gasteiger partial charge >= 0.3 is 5.97 Å². The van der Waals surface area contributed by atoms with Crippen LogP contribution in [0.5, 0.6) is 5.88 Å². The van der Waals surface area contributed by atoms with E-state index < -0.39 is 12.6 Å². The minimum absolute atomic E-state index is 0.249. The van der Waals surface area contributed by atoms with Crippen molar-refractivity contribution in [1.29, 1.82) is 0 Å². The van der Waals surface area contributed by atoms with Crippen LogP contribution in [-0.4, -0.2) is 34.2 Å². The third-order valence-corrected chi connectivity index (χ3v) is 3.07. The van der Waals surface area contributed by atoms with Crippen molar-refractivity contribution < 1.29 is 14.6 Å². The number of carboxylic acid groups (broad SMARTS) is 1. The second-order valence-electron chi connectivity index (χ2n) is 4.77. The number of anilines is 2. The van der Waals surface area contributed by atoms with Gasteiger partial charge < -0.3 is 14.7 Å². The molecule has 0 aliphatic heterocycles. The van der Waals surface area contributed by atoms with Crippen LogP contribution in [0.25, 0.3) is 0 Å². The average molecular weight is 313 g/mol. The van der Waals surface area contributed by atoms with Crippen LogP contribution < -0.4 is 9.64 Å². The molecule has 1 aromatic heterocycles. The van der Waals surface area contributed by atoms with Gasteiger partial charge in [-0.2, -0.15) is 4.98 Å². The highest BCUT2D eigenvalue weighted by molar-refractivity contribution is 5.68. The number of hydrogen-bond acceptors (Lipinski definition) is 5. The van der Waals surface area contributed by atoms with E-state index in [1.165, 1.54) is 0 Å². The van der Waals surface area contributed by atoms with Crippen LogP contribution in [0, 0.1) is 0 Å². The highest BCUT2D eigenvalue weighted by Crippen LogP contribution is 2.24. The van der Waals surface area contributed by atoms with Gasteiger partial charge in [-0.15, -0.1) is 6.58 Å². The maximum absolute atomic E-state index is 10.7. The van der Waals surface area contributed by atoms with E-state index in [2.05, 4.69) is 16.5 Å². The summed E-state index contributed by atoms with van der Waals surface area (Å²) in [6.07, 6.45) is 2.45. The molecule has 0 radical (unpaired) electrons. The molecule has 0 amide bonds. The number of aromatic nitrogens is 2. The number of nitrogens with zero attached hydrogens (tertiary/aromatic N) is 3. The number of rotatable bonds is 8. The first-order chi connectivity index (χ1) is 11.1. The summed E-state index contributed by atoms with van der Waals surface area (Å²) < 4.78 is 5.21. The van der Waals surface area contributed by atoms with Crippen LogP contribution >= 0.6 is 0 Å². The first-order valence-corrected chi connectivity index (χ1v) is 7.30. The van der Waals surface area contributed by atoms with E-state index in [4.69, 9.17) is 9.84 Å². The topological polar surface area (TPSA) is 75.6 Å². The van der Waals surface area contributed by atoms with Gasteiger partial charge in [-0.25, -0.2) is 9.78 Å². The molecule has 0 aliphatic carbocycles. The van der Waals surface area contributed by atoms with E-state index >= 15 is 0 Å². The predicted molar refractivity (Wildman–Crippen MR) is 88.2 cm³/mol. The van der Waals surface area contributed by atoms with Crippen LogP contribution in [0.15, 0.2) is 49.1 Å². The lowest BCUT2D eigenvalue weighted by Crippen LogP contribution is -2.20. The summed E-state index contributed by atoms with van der Waals surface area (Å²) >= 11 is 0. The molecule has 1 aromatic carbocycles. The van der Waals surface area contributed by atoms with E-state index in [0.29, 0.717) is 18.9 Å². The average Bonchev–Trinajstić information content (AvgIpc) is 2.58. The molecule has 1 N–H and O–H groups in total. The molecule has 0 fully saturated rings. The molecule has 23 heavy (non-hydrogen) atoms. The number of benzene rings is 1.